The third kappa shape index (κ3) is 1.65. The molecule has 0 aliphatic carbocycles. The molecule has 0 atom stereocenters. The standard InChI is InChI=1S/C16H10BrN3/c17-11-7-12(9-19-8-11)20-15-4-2-1-3-13(15)14-5-6-18-10-16(14)20/h1-10H. The van der Waals surface area contributed by atoms with Crippen molar-refractivity contribution in [2.45, 2.75) is 0 Å². The Hall–Kier alpha value is -2.20. The van der Waals surface area contributed by atoms with Gasteiger partial charge in [-0.15, -0.1) is 0 Å². The summed E-state index contributed by atoms with van der Waals surface area (Å²) < 4.78 is 3.15. The Morgan fingerprint density at radius 2 is 1.70 bits per heavy atom. The van der Waals surface area contributed by atoms with Crippen molar-refractivity contribution in [3.05, 3.63) is 65.7 Å². The van der Waals surface area contributed by atoms with Crippen molar-refractivity contribution in [3.8, 4) is 5.69 Å². The lowest BCUT2D eigenvalue weighted by atomic mass is 10.2. The van der Waals surface area contributed by atoms with E-state index in [0.717, 1.165) is 21.2 Å². The molecule has 0 saturated heterocycles. The second-order valence-electron chi connectivity index (χ2n) is 4.61. The molecule has 0 spiro atoms. The quantitative estimate of drug-likeness (QED) is 0.521. The third-order valence-electron chi connectivity index (χ3n) is 3.42. The molecule has 0 unspecified atom stereocenters. The highest BCUT2D eigenvalue weighted by atomic mass is 79.9. The zero-order valence-corrected chi connectivity index (χ0v) is 12.1. The number of nitrogens with zero attached hydrogens (tertiary/aromatic N) is 3. The molecule has 0 aliphatic heterocycles. The van der Waals surface area contributed by atoms with Gasteiger partial charge in [0.05, 0.1) is 29.1 Å². The van der Waals surface area contributed by atoms with Gasteiger partial charge in [-0.05, 0) is 34.1 Å². The molecule has 0 saturated carbocycles. The smallest absolute Gasteiger partial charge is 0.0725 e. The van der Waals surface area contributed by atoms with Crippen molar-refractivity contribution in [2.24, 2.45) is 0 Å². The summed E-state index contributed by atoms with van der Waals surface area (Å²) in [6.07, 6.45) is 7.38. The molecule has 1 aromatic carbocycles. The fourth-order valence-electron chi connectivity index (χ4n) is 2.62. The van der Waals surface area contributed by atoms with Crippen LogP contribution in [0.4, 0.5) is 0 Å². The van der Waals surface area contributed by atoms with E-state index in [1.54, 1.807) is 6.20 Å². The van der Waals surface area contributed by atoms with Gasteiger partial charge in [-0.3, -0.25) is 9.97 Å². The predicted molar refractivity (Wildman–Crippen MR) is 84.1 cm³/mol. The SMILES string of the molecule is Brc1cncc(-n2c3ccccc3c3ccncc32)c1. The summed E-state index contributed by atoms with van der Waals surface area (Å²) in [5.74, 6) is 0. The molecule has 0 radical (unpaired) electrons. The third-order valence-corrected chi connectivity index (χ3v) is 3.86. The van der Waals surface area contributed by atoms with Crippen molar-refractivity contribution >= 4 is 37.7 Å². The molecule has 3 nitrogen and oxygen atoms in total. The molecule has 4 aromatic rings. The Morgan fingerprint density at radius 3 is 2.60 bits per heavy atom. The van der Waals surface area contributed by atoms with Gasteiger partial charge in [-0.1, -0.05) is 18.2 Å². The number of pyridine rings is 2. The number of halogens is 1. The number of aromatic nitrogens is 3. The zero-order valence-electron chi connectivity index (χ0n) is 10.5. The Bertz CT molecular complexity index is 874. The van der Waals surface area contributed by atoms with Crippen molar-refractivity contribution in [2.75, 3.05) is 0 Å². The zero-order chi connectivity index (χ0) is 13.5. The maximum Gasteiger partial charge on any atom is 0.0725 e. The molecular formula is C16H10BrN3. The molecule has 0 N–H and O–H groups in total. The molecule has 3 heterocycles. The summed E-state index contributed by atoms with van der Waals surface area (Å²) in [6, 6.07) is 12.5. The van der Waals surface area contributed by atoms with E-state index < -0.39 is 0 Å². The van der Waals surface area contributed by atoms with Crippen LogP contribution in [0.1, 0.15) is 0 Å². The van der Waals surface area contributed by atoms with E-state index in [1.807, 2.05) is 18.6 Å². The van der Waals surface area contributed by atoms with Crippen LogP contribution in [0.25, 0.3) is 27.5 Å². The number of para-hydroxylation sites is 1. The molecule has 0 amide bonds. The minimum absolute atomic E-state index is 0.963. The van der Waals surface area contributed by atoms with Gasteiger partial charge in [-0.25, -0.2) is 0 Å². The van der Waals surface area contributed by atoms with Crippen molar-refractivity contribution in [1.82, 2.24) is 14.5 Å². The van der Waals surface area contributed by atoms with Gasteiger partial charge in [0.25, 0.3) is 0 Å². The highest BCUT2D eigenvalue weighted by molar-refractivity contribution is 9.10. The van der Waals surface area contributed by atoms with Crippen LogP contribution < -0.4 is 0 Å². The molecule has 3 aromatic heterocycles. The Morgan fingerprint density at radius 1 is 0.850 bits per heavy atom. The van der Waals surface area contributed by atoms with Crippen LogP contribution in [0.3, 0.4) is 0 Å². The van der Waals surface area contributed by atoms with Crippen LogP contribution in [0.15, 0.2) is 65.7 Å². The molecule has 4 heteroatoms. The summed E-state index contributed by atoms with van der Waals surface area (Å²) in [6.45, 7) is 0. The van der Waals surface area contributed by atoms with Crippen LogP contribution in [-0.4, -0.2) is 14.5 Å². The normalized spacial score (nSPS) is 11.2. The van der Waals surface area contributed by atoms with Gasteiger partial charge in [0.1, 0.15) is 0 Å². The first kappa shape index (κ1) is 11.6. The van der Waals surface area contributed by atoms with Crippen molar-refractivity contribution in [1.29, 1.82) is 0 Å². The first-order valence-corrected chi connectivity index (χ1v) is 7.08. The van der Waals surface area contributed by atoms with E-state index in [1.165, 1.54) is 10.8 Å². The second kappa shape index (κ2) is 4.42. The van der Waals surface area contributed by atoms with E-state index in [0.29, 0.717) is 0 Å². The van der Waals surface area contributed by atoms with Gasteiger partial charge in [0.2, 0.25) is 0 Å². The maximum absolute atomic E-state index is 4.27. The Labute approximate surface area is 124 Å². The van der Waals surface area contributed by atoms with Gasteiger partial charge < -0.3 is 4.57 Å². The molecule has 0 bridgehead atoms. The lowest BCUT2D eigenvalue weighted by Gasteiger charge is -2.06. The Balaban J connectivity index is 2.21. The van der Waals surface area contributed by atoms with E-state index >= 15 is 0 Å². The predicted octanol–water partition coefficient (Wildman–Crippen LogP) is 4.34. The average Bonchev–Trinajstić information content (AvgIpc) is 2.82. The Kier molecular flexibility index (Phi) is 2.57. The molecule has 0 fully saturated rings. The van der Waals surface area contributed by atoms with Crippen LogP contribution in [0.5, 0.6) is 0 Å². The number of fused-ring (bicyclic) bond motifs is 3. The average molecular weight is 324 g/mol. The number of rotatable bonds is 1. The minimum Gasteiger partial charge on any atom is -0.306 e. The second-order valence-corrected chi connectivity index (χ2v) is 5.52. The highest BCUT2D eigenvalue weighted by Crippen LogP contribution is 2.31. The topological polar surface area (TPSA) is 30.7 Å². The lowest BCUT2D eigenvalue weighted by molar-refractivity contribution is 1.13. The molecule has 96 valence electrons. The summed E-state index contributed by atoms with van der Waals surface area (Å²) in [4.78, 5) is 8.53. The summed E-state index contributed by atoms with van der Waals surface area (Å²) in [7, 11) is 0. The summed E-state index contributed by atoms with van der Waals surface area (Å²) >= 11 is 3.48. The minimum atomic E-state index is 0.963. The fraction of sp³-hybridized carbons (Fsp3) is 0. The molecule has 20 heavy (non-hydrogen) atoms. The van der Waals surface area contributed by atoms with Gasteiger partial charge >= 0.3 is 0 Å². The van der Waals surface area contributed by atoms with Crippen molar-refractivity contribution in [3.63, 3.8) is 0 Å². The molecule has 0 aliphatic rings. The van der Waals surface area contributed by atoms with Crippen LogP contribution in [0, 0.1) is 0 Å². The van der Waals surface area contributed by atoms with Gasteiger partial charge in [0.15, 0.2) is 0 Å². The number of benzene rings is 1. The van der Waals surface area contributed by atoms with E-state index in [-0.39, 0.29) is 0 Å². The molecular weight excluding hydrogens is 314 g/mol. The molecule has 4 rings (SSSR count). The summed E-state index contributed by atoms with van der Waals surface area (Å²) in [5.41, 5.74) is 3.28. The monoisotopic (exact) mass is 323 g/mol. The highest BCUT2D eigenvalue weighted by Gasteiger charge is 2.11. The van der Waals surface area contributed by atoms with E-state index in [9.17, 15) is 0 Å². The summed E-state index contributed by atoms with van der Waals surface area (Å²) in [5, 5.41) is 2.43. The van der Waals surface area contributed by atoms with Crippen LogP contribution in [0.2, 0.25) is 0 Å². The van der Waals surface area contributed by atoms with E-state index in [2.05, 4.69) is 66.9 Å². The van der Waals surface area contributed by atoms with Crippen LogP contribution in [-0.2, 0) is 0 Å². The van der Waals surface area contributed by atoms with Crippen molar-refractivity contribution < 1.29 is 0 Å². The maximum atomic E-state index is 4.27. The largest absolute Gasteiger partial charge is 0.306 e. The fourth-order valence-corrected chi connectivity index (χ4v) is 2.97. The van der Waals surface area contributed by atoms with Crippen LogP contribution >= 0.6 is 15.9 Å². The first-order valence-electron chi connectivity index (χ1n) is 6.29. The van der Waals surface area contributed by atoms with Gasteiger partial charge in [0, 0.05) is 27.6 Å². The van der Waals surface area contributed by atoms with Gasteiger partial charge in [-0.2, -0.15) is 0 Å². The first-order chi connectivity index (χ1) is 9.84. The lowest BCUT2D eigenvalue weighted by Crippen LogP contribution is -1.94. The van der Waals surface area contributed by atoms with E-state index in [4.69, 9.17) is 0 Å². The number of hydrogen-bond donors (Lipinski definition) is 0. The number of hydrogen-bond acceptors (Lipinski definition) is 2.